The molecule has 1 fully saturated rings. The first-order chi connectivity index (χ1) is 8.88. The first-order valence-electron chi connectivity index (χ1n) is 6.11. The van der Waals surface area contributed by atoms with Crippen LogP contribution in [-0.2, 0) is 6.54 Å². The summed E-state index contributed by atoms with van der Waals surface area (Å²) in [5, 5.41) is 3.08. The zero-order valence-corrected chi connectivity index (χ0v) is 14.1. The van der Waals surface area contributed by atoms with Crippen molar-refractivity contribution in [3.05, 3.63) is 19.2 Å². The molecule has 2 rings (SSSR count). The standard InChI is InChI=1S/C12H14Br2F3NS/c13-9-5-7(19-11(9)14)6-18-10-4-2-1-3-8(10)12(15,16)17/h5,8,10,18H,1-4,6H2. The van der Waals surface area contributed by atoms with Crippen molar-refractivity contribution in [2.75, 3.05) is 0 Å². The van der Waals surface area contributed by atoms with Gasteiger partial charge in [0.1, 0.15) is 0 Å². The number of alkyl halides is 3. The predicted molar refractivity (Wildman–Crippen MR) is 78.4 cm³/mol. The van der Waals surface area contributed by atoms with Gasteiger partial charge in [0.2, 0.25) is 0 Å². The molecule has 1 aromatic rings. The molecule has 19 heavy (non-hydrogen) atoms. The lowest BCUT2D eigenvalue weighted by Crippen LogP contribution is -2.45. The Morgan fingerprint density at radius 2 is 1.95 bits per heavy atom. The molecule has 1 saturated carbocycles. The maximum absolute atomic E-state index is 12.9. The Hall–Kier alpha value is 0.410. The maximum atomic E-state index is 12.9. The molecule has 0 aromatic carbocycles. The molecule has 0 bridgehead atoms. The molecule has 0 saturated heterocycles. The average molecular weight is 421 g/mol. The molecule has 0 radical (unpaired) electrons. The molecule has 2 atom stereocenters. The lowest BCUT2D eigenvalue weighted by Gasteiger charge is -2.33. The van der Waals surface area contributed by atoms with Crippen molar-refractivity contribution in [3.8, 4) is 0 Å². The fourth-order valence-electron chi connectivity index (χ4n) is 2.48. The Morgan fingerprint density at radius 1 is 1.26 bits per heavy atom. The van der Waals surface area contributed by atoms with Crippen LogP contribution in [0.5, 0.6) is 0 Å². The Morgan fingerprint density at radius 3 is 2.53 bits per heavy atom. The number of hydrogen-bond acceptors (Lipinski definition) is 2. The van der Waals surface area contributed by atoms with Crippen molar-refractivity contribution in [2.24, 2.45) is 5.92 Å². The van der Waals surface area contributed by atoms with Gasteiger partial charge in [0, 0.05) is 21.9 Å². The molecule has 0 aliphatic heterocycles. The average Bonchev–Trinajstić information content (AvgIpc) is 2.65. The van der Waals surface area contributed by atoms with Crippen molar-refractivity contribution >= 4 is 43.2 Å². The van der Waals surface area contributed by atoms with Crippen molar-refractivity contribution in [1.82, 2.24) is 5.32 Å². The second-order valence-corrected chi connectivity index (χ2v) is 8.06. The van der Waals surface area contributed by atoms with Crippen LogP contribution in [0, 0.1) is 5.92 Å². The van der Waals surface area contributed by atoms with Gasteiger partial charge in [-0.25, -0.2) is 0 Å². The van der Waals surface area contributed by atoms with E-state index in [9.17, 15) is 13.2 Å². The highest BCUT2D eigenvalue weighted by Gasteiger charge is 2.45. The minimum Gasteiger partial charge on any atom is -0.308 e. The summed E-state index contributed by atoms with van der Waals surface area (Å²) in [7, 11) is 0. The molecule has 0 amide bonds. The van der Waals surface area contributed by atoms with Crippen LogP contribution in [0.2, 0.25) is 0 Å². The molecule has 0 spiro atoms. The van der Waals surface area contributed by atoms with E-state index in [1.165, 1.54) is 11.3 Å². The predicted octanol–water partition coefficient (Wildman–Crippen LogP) is 5.48. The van der Waals surface area contributed by atoms with Crippen LogP contribution in [0.15, 0.2) is 14.3 Å². The number of halogens is 5. The quantitative estimate of drug-likeness (QED) is 0.682. The molecule has 108 valence electrons. The number of rotatable bonds is 3. The second kappa shape index (κ2) is 6.45. The third-order valence-corrected chi connectivity index (χ3v) is 6.68. The normalized spacial score (nSPS) is 24.7. The highest BCUT2D eigenvalue weighted by Crippen LogP contribution is 2.38. The third kappa shape index (κ3) is 4.19. The fourth-order valence-corrected chi connectivity index (χ4v) is 4.60. The van der Waals surface area contributed by atoms with Crippen LogP contribution >= 0.6 is 43.2 Å². The second-order valence-electron chi connectivity index (χ2n) is 4.75. The highest BCUT2D eigenvalue weighted by molar-refractivity contribution is 9.13. The van der Waals surface area contributed by atoms with Crippen LogP contribution in [0.25, 0.3) is 0 Å². The van der Waals surface area contributed by atoms with Gasteiger partial charge in [-0.3, -0.25) is 0 Å². The molecule has 7 heteroatoms. The van der Waals surface area contributed by atoms with Crippen LogP contribution in [0.4, 0.5) is 13.2 Å². The largest absolute Gasteiger partial charge is 0.393 e. The van der Waals surface area contributed by atoms with E-state index in [1.807, 2.05) is 6.07 Å². The van der Waals surface area contributed by atoms with Gasteiger partial charge in [-0.05, 0) is 50.8 Å². The molecule has 1 N–H and O–H groups in total. The fraction of sp³-hybridized carbons (Fsp3) is 0.667. The summed E-state index contributed by atoms with van der Waals surface area (Å²) < 4.78 is 40.7. The summed E-state index contributed by atoms with van der Waals surface area (Å²) in [6.45, 7) is 0.492. The van der Waals surface area contributed by atoms with E-state index in [0.29, 0.717) is 19.4 Å². The Labute approximate surface area is 131 Å². The SMILES string of the molecule is FC(F)(F)C1CCCCC1NCc1cc(Br)c(Br)s1. The van der Waals surface area contributed by atoms with Gasteiger partial charge >= 0.3 is 6.18 Å². The first kappa shape index (κ1) is 15.8. The first-order valence-corrected chi connectivity index (χ1v) is 8.52. The summed E-state index contributed by atoms with van der Waals surface area (Å²) in [5.74, 6) is -1.20. The molecule has 2 unspecified atom stereocenters. The van der Waals surface area contributed by atoms with E-state index in [1.54, 1.807) is 0 Å². The molecule has 1 heterocycles. The molecule has 1 aromatic heterocycles. The van der Waals surface area contributed by atoms with Crippen LogP contribution in [0.1, 0.15) is 30.6 Å². The van der Waals surface area contributed by atoms with Gasteiger partial charge in [0.05, 0.1) is 9.70 Å². The Kier molecular flexibility index (Phi) is 5.36. The minimum atomic E-state index is -4.09. The summed E-state index contributed by atoms with van der Waals surface area (Å²) in [5.41, 5.74) is 0. The van der Waals surface area contributed by atoms with E-state index in [-0.39, 0.29) is 6.42 Å². The molecule has 1 aliphatic carbocycles. The van der Waals surface area contributed by atoms with Crippen molar-refractivity contribution < 1.29 is 13.2 Å². The van der Waals surface area contributed by atoms with Crippen molar-refractivity contribution in [2.45, 2.75) is 44.4 Å². The van der Waals surface area contributed by atoms with Crippen LogP contribution < -0.4 is 5.32 Å². The highest BCUT2D eigenvalue weighted by atomic mass is 79.9. The lowest BCUT2D eigenvalue weighted by atomic mass is 9.84. The third-order valence-electron chi connectivity index (χ3n) is 3.42. The van der Waals surface area contributed by atoms with Crippen molar-refractivity contribution in [1.29, 1.82) is 0 Å². The topological polar surface area (TPSA) is 12.0 Å². The van der Waals surface area contributed by atoms with Crippen molar-refractivity contribution in [3.63, 3.8) is 0 Å². The lowest BCUT2D eigenvalue weighted by molar-refractivity contribution is -0.189. The Balaban J connectivity index is 1.96. The van der Waals surface area contributed by atoms with Gasteiger partial charge in [-0.15, -0.1) is 11.3 Å². The summed E-state index contributed by atoms with van der Waals surface area (Å²) in [4.78, 5) is 1.03. The number of hydrogen-bond donors (Lipinski definition) is 1. The van der Waals surface area contributed by atoms with Crippen LogP contribution in [0.3, 0.4) is 0 Å². The Bertz CT molecular complexity index is 414. The van der Waals surface area contributed by atoms with Crippen LogP contribution in [-0.4, -0.2) is 12.2 Å². The summed E-state index contributed by atoms with van der Waals surface area (Å²) >= 11 is 8.31. The molecular weight excluding hydrogens is 407 g/mol. The van der Waals surface area contributed by atoms with E-state index in [4.69, 9.17) is 0 Å². The summed E-state index contributed by atoms with van der Waals surface area (Å²) in [6, 6.07) is 1.49. The zero-order chi connectivity index (χ0) is 14.0. The minimum absolute atomic E-state index is 0.249. The molecule has 1 aliphatic rings. The van der Waals surface area contributed by atoms with Gasteiger partial charge in [-0.2, -0.15) is 13.2 Å². The number of thiophene rings is 1. The van der Waals surface area contributed by atoms with E-state index in [0.717, 1.165) is 19.6 Å². The van der Waals surface area contributed by atoms with Gasteiger partial charge < -0.3 is 5.32 Å². The number of nitrogens with one attached hydrogen (secondary N) is 1. The summed E-state index contributed by atoms with van der Waals surface area (Å²) in [6.07, 6.45) is -1.67. The monoisotopic (exact) mass is 419 g/mol. The van der Waals surface area contributed by atoms with Gasteiger partial charge in [0.15, 0.2) is 0 Å². The van der Waals surface area contributed by atoms with Gasteiger partial charge in [-0.1, -0.05) is 12.8 Å². The smallest absolute Gasteiger partial charge is 0.308 e. The molecule has 1 nitrogen and oxygen atoms in total. The van der Waals surface area contributed by atoms with Gasteiger partial charge in [0.25, 0.3) is 0 Å². The zero-order valence-electron chi connectivity index (χ0n) is 10.1. The van der Waals surface area contributed by atoms with E-state index < -0.39 is 18.1 Å². The van der Waals surface area contributed by atoms with E-state index in [2.05, 4.69) is 37.2 Å². The molecular formula is C12H14Br2F3NS. The maximum Gasteiger partial charge on any atom is 0.393 e. The van der Waals surface area contributed by atoms with E-state index >= 15 is 0 Å².